The predicted octanol–water partition coefficient (Wildman–Crippen LogP) is 3.06. The molecule has 118 valence electrons. The van der Waals surface area contributed by atoms with E-state index < -0.39 is 0 Å². The van der Waals surface area contributed by atoms with Gasteiger partial charge in [-0.2, -0.15) is 0 Å². The predicted molar refractivity (Wildman–Crippen MR) is 91.7 cm³/mol. The molecule has 2 aliphatic heterocycles. The van der Waals surface area contributed by atoms with E-state index in [4.69, 9.17) is 4.42 Å². The van der Waals surface area contributed by atoms with E-state index in [1.807, 2.05) is 30.3 Å². The van der Waals surface area contributed by atoms with Crippen LogP contribution in [0.2, 0.25) is 0 Å². The summed E-state index contributed by atoms with van der Waals surface area (Å²) in [6.07, 6.45) is 4.81. The van der Waals surface area contributed by atoms with Crippen LogP contribution in [-0.4, -0.2) is 34.9 Å². The lowest BCUT2D eigenvalue weighted by Gasteiger charge is -2.14. The van der Waals surface area contributed by atoms with E-state index in [1.165, 1.54) is 25.1 Å². The molecule has 0 bridgehead atoms. The molecule has 0 saturated heterocycles. The van der Waals surface area contributed by atoms with Crippen molar-refractivity contribution >= 4 is 22.5 Å². The average molecular weight is 309 g/mol. The molecule has 4 heteroatoms. The summed E-state index contributed by atoms with van der Waals surface area (Å²) in [5.41, 5.74) is 1.66. The maximum atomic E-state index is 12.4. The van der Waals surface area contributed by atoms with Crippen molar-refractivity contribution in [3.05, 3.63) is 52.9 Å². The standard InChI is InChI=1S/C19H21N2O2/c1-14(21-12-11-20-10-6-2-3-9-18(20)21)16-13-15-7-4-5-8-17(15)23-19(16)22/h4-5,7-8,13H,1-3,6,9-12H2/q+1. The maximum Gasteiger partial charge on any atom is 0.347 e. The summed E-state index contributed by atoms with van der Waals surface area (Å²) in [5, 5.41) is 0.935. The third-order valence-electron chi connectivity index (χ3n) is 4.88. The molecule has 0 saturated carbocycles. The summed E-state index contributed by atoms with van der Waals surface area (Å²) in [6.45, 7) is 7.26. The Hall–Kier alpha value is -2.36. The highest BCUT2D eigenvalue weighted by molar-refractivity contribution is 5.89. The first-order chi connectivity index (χ1) is 11.2. The van der Waals surface area contributed by atoms with E-state index in [2.05, 4.69) is 16.1 Å². The molecular weight excluding hydrogens is 288 g/mol. The summed E-state index contributed by atoms with van der Waals surface area (Å²) in [7, 11) is 0. The minimum atomic E-state index is -0.304. The van der Waals surface area contributed by atoms with Gasteiger partial charge in [0, 0.05) is 11.8 Å². The van der Waals surface area contributed by atoms with Crippen LogP contribution in [0, 0.1) is 0 Å². The molecule has 23 heavy (non-hydrogen) atoms. The number of amidine groups is 1. The summed E-state index contributed by atoms with van der Waals surface area (Å²) in [5.74, 6) is 1.32. The molecule has 4 rings (SSSR count). The van der Waals surface area contributed by atoms with Gasteiger partial charge in [0.15, 0.2) is 0 Å². The van der Waals surface area contributed by atoms with Crippen LogP contribution in [0.15, 0.2) is 46.1 Å². The number of rotatable bonds is 2. The summed E-state index contributed by atoms with van der Waals surface area (Å²) in [6, 6.07) is 9.51. The van der Waals surface area contributed by atoms with Crippen molar-refractivity contribution in [2.24, 2.45) is 0 Å². The second-order valence-electron chi connectivity index (χ2n) is 6.30. The first-order valence-electron chi connectivity index (χ1n) is 8.34. The monoisotopic (exact) mass is 309 g/mol. The Morgan fingerprint density at radius 3 is 2.96 bits per heavy atom. The average Bonchev–Trinajstić information content (AvgIpc) is 2.82. The molecule has 0 aliphatic carbocycles. The highest BCUT2D eigenvalue weighted by atomic mass is 16.4. The zero-order chi connectivity index (χ0) is 15.8. The van der Waals surface area contributed by atoms with Crippen LogP contribution in [0.1, 0.15) is 31.2 Å². The fourth-order valence-electron chi connectivity index (χ4n) is 3.65. The number of hydrogen-bond acceptors (Lipinski definition) is 3. The molecule has 0 unspecified atom stereocenters. The molecule has 2 aliphatic rings. The Morgan fingerprint density at radius 1 is 1.17 bits per heavy atom. The second kappa shape index (κ2) is 5.69. The minimum absolute atomic E-state index is 0.304. The smallest absolute Gasteiger partial charge is 0.347 e. The van der Waals surface area contributed by atoms with Crippen LogP contribution in [-0.2, 0) is 0 Å². The number of hydrogen-bond donors (Lipinski definition) is 0. The number of nitrogens with zero attached hydrogens (tertiary/aromatic N) is 2. The van der Waals surface area contributed by atoms with Gasteiger partial charge in [-0.25, -0.2) is 9.69 Å². The molecule has 1 aromatic carbocycles. The number of fused-ring (bicyclic) bond motifs is 1. The molecule has 2 aromatic rings. The largest absolute Gasteiger partial charge is 0.422 e. The number of para-hydroxylation sites is 1. The summed E-state index contributed by atoms with van der Waals surface area (Å²) < 4.78 is 7.91. The fourth-order valence-corrected chi connectivity index (χ4v) is 3.65. The first-order valence-corrected chi connectivity index (χ1v) is 8.34. The van der Waals surface area contributed by atoms with Gasteiger partial charge in [0.05, 0.1) is 6.54 Å². The van der Waals surface area contributed by atoms with Gasteiger partial charge in [0.25, 0.3) is 5.84 Å². The van der Waals surface area contributed by atoms with Gasteiger partial charge in [-0.3, -0.25) is 4.58 Å². The molecule has 0 amide bonds. The van der Waals surface area contributed by atoms with Gasteiger partial charge in [-0.1, -0.05) is 24.8 Å². The van der Waals surface area contributed by atoms with Crippen molar-refractivity contribution in [2.45, 2.75) is 25.7 Å². The lowest BCUT2D eigenvalue weighted by molar-refractivity contribution is -0.518. The Balaban J connectivity index is 1.73. The molecule has 0 fully saturated rings. The summed E-state index contributed by atoms with van der Waals surface area (Å²) in [4.78, 5) is 14.6. The van der Waals surface area contributed by atoms with Crippen LogP contribution >= 0.6 is 0 Å². The zero-order valence-electron chi connectivity index (χ0n) is 13.3. The Labute approximate surface area is 135 Å². The topological polar surface area (TPSA) is 36.5 Å². The van der Waals surface area contributed by atoms with Gasteiger partial charge in [-0.15, -0.1) is 0 Å². The Bertz CT molecular complexity index is 863. The SMILES string of the molecule is C=C(c1cc2ccccc2oc1=O)N1CC[N+]2=C1CCCCC2. The van der Waals surface area contributed by atoms with Gasteiger partial charge in [0.2, 0.25) is 0 Å². The van der Waals surface area contributed by atoms with E-state index >= 15 is 0 Å². The van der Waals surface area contributed by atoms with Crippen molar-refractivity contribution in [1.29, 1.82) is 0 Å². The Kier molecular flexibility index (Phi) is 3.52. The zero-order valence-corrected chi connectivity index (χ0v) is 13.3. The van der Waals surface area contributed by atoms with Crippen LogP contribution in [0.3, 0.4) is 0 Å². The molecular formula is C19H21N2O2+. The third kappa shape index (κ3) is 2.48. The fraction of sp³-hybridized carbons (Fsp3) is 0.368. The number of benzene rings is 1. The van der Waals surface area contributed by atoms with Crippen molar-refractivity contribution in [3.8, 4) is 0 Å². The van der Waals surface area contributed by atoms with Crippen LogP contribution in [0.25, 0.3) is 16.7 Å². The normalized spacial score (nSPS) is 18.2. The van der Waals surface area contributed by atoms with Crippen LogP contribution in [0.5, 0.6) is 0 Å². The van der Waals surface area contributed by atoms with E-state index in [0.717, 1.165) is 37.1 Å². The third-order valence-corrected chi connectivity index (χ3v) is 4.88. The maximum absolute atomic E-state index is 12.4. The van der Waals surface area contributed by atoms with E-state index in [-0.39, 0.29) is 5.63 Å². The molecule has 0 N–H and O–H groups in total. The minimum Gasteiger partial charge on any atom is -0.422 e. The molecule has 1 aromatic heterocycles. The first kappa shape index (κ1) is 14.2. The molecule has 0 atom stereocenters. The van der Waals surface area contributed by atoms with Crippen LogP contribution < -0.4 is 5.63 Å². The summed E-state index contributed by atoms with van der Waals surface area (Å²) >= 11 is 0. The molecule has 4 nitrogen and oxygen atoms in total. The second-order valence-corrected chi connectivity index (χ2v) is 6.30. The van der Waals surface area contributed by atoms with E-state index in [1.54, 1.807) is 0 Å². The molecule has 0 spiro atoms. The van der Waals surface area contributed by atoms with Crippen molar-refractivity contribution < 1.29 is 8.99 Å². The highest BCUT2D eigenvalue weighted by Crippen LogP contribution is 2.24. The van der Waals surface area contributed by atoms with Gasteiger partial charge < -0.3 is 4.42 Å². The lowest BCUT2D eigenvalue weighted by Crippen LogP contribution is -2.29. The van der Waals surface area contributed by atoms with E-state index in [9.17, 15) is 4.79 Å². The van der Waals surface area contributed by atoms with Crippen molar-refractivity contribution in [2.75, 3.05) is 19.6 Å². The van der Waals surface area contributed by atoms with Crippen molar-refractivity contribution in [1.82, 2.24) is 4.90 Å². The van der Waals surface area contributed by atoms with Gasteiger partial charge in [0.1, 0.15) is 29.9 Å². The van der Waals surface area contributed by atoms with Gasteiger partial charge >= 0.3 is 5.63 Å². The van der Waals surface area contributed by atoms with Crippen LogP contribution in [0.4, 0.5) is 0 Å². The molecule has 0 radical (unpaired) electrons. The molecule has 3 heterocycles. The van der Waals surface area contributed by atoms with Gasteiger partial charge in [-0.05, 0) is 31.4 Å². The highest BCUT2D eigenvalue weighted by Gasteiger charge is 2.34. The Morgan fingerprint density at radius 2 is 2.04 bits per heavy atom. The quantitative estimate of drug-likeness (QED) is 0.632. The lowest BCUT2D eigenvalue weighted by atomic mass is 10.1. The van der Waals surface area contributed by atoms with Crippen molar-refractivity contribution in [3.63, 3.8) is 0 Å². The van der Waals surface area contributed by atoms with E-state index in [0.29, 0.717) is 11.1 Å².